The Morgan fingerprint density at radius 1 is 1.18 bits per heavy atom. The zero-order valence-electron chi connectivity index (χ0n) is 16.4. The monoisotopic (exact) mass is 375 g/mol. The molecule has 0 bridgehead atoms. The first kappa shape index (κ1) is 18.4. The number of benzene rings is 1. The molecule has 4 rings (SSSR count). The molecule has 1 atom stereocenters. The van der Waals surface area contributed by atoms with Crippen LogP contribution in [0.2, 0.25) is 0 Å². The van der Waals surface area contributed by atoms with Crippen molar-refractivity contribution in [3.63, 3.8) is 0 Å². The molecule has 3 heterocycles. The van der Waals surface area contributed by atoms with Gasteiger partial charge in [0.1, 0.15) is 0 Å². The van der Waals surface area contributed by atoms with Crippen molar-refractivity contribution in [2.45, 2.75) is 39.2 Å². The molecule has 2 aliphatic heterocycles. The van der Waals surface area contributed by atoms with E-state index in [4.69, 9.17) is 0 Å². The van der Waals surface area contributed by atoms with Gasteiger partial charge in [-0.25, -0.2) is 0 Å². The number of fused-ring (bicyclic) bond motifs is 1. The number of aromatic nitrogens is 1. The molecule has 1 aromatic heterocycles. The summed E-state index contributed by atoms with van der Waals surface area (Å²) >= 11 is 0. The van der Waals surface area contributed by atoms with Gasteiger partial charge in [-0.15, -0.1) is 0 Å². The second kappa shape index (κ2) is 7.58. The Kier molecular flexibility index (Phi) is 4.99. The summed E-state index contributed by atoms with van der Waals surface area (Å²) in [5.74, 6) is 0.176. The zero-order chi connectivity index (χ0) is 19.7. The number of piperidine rings is 1. The highest BCUT2D eigenvalue weighted by molar-refractivity contribution is 6.13. The van der Waals surface area contributed by atoms with Crippen molar-refractivity contribution in [3.05, 3.63) is 59.8 Å². The highest BCUT2D eigenvalue weighted by Crippen LogP contribution is 2.31. The van der Waals surface area contributed by atoms with Crippen molar-refractivity contribution in [3.8, 4) is 0 Å². The number of anilines is 1. The normalized spacial score (nSPS) is 21.9. The molecule has 2 fully saturated rings. The highest BCUT2D eigenvalue weighted by Gasteiger charge is 2.32. The number of nitrogens with zero attached hydrogens (tertiary/aromatic N) is 3. The zero-order valence-corrected chi connectivity index (χ0v) is 16.4. The maximum Gasteiger partial charge on any atom is 0.258 e. The molecule has 0 saturated carbocycles. The first-order valence-electron chi connectivity index (χ1n) is 9.92. The van der Waals surface area contributed by atoms with Gasteiger partial charge in [0.2, 0.25) is 5.91 Å². The summed E-state index contributed by atoms with van der Waals surface area (Å²) in [6.45, 7) is 5.28. The largest absolute Gasteiger partial charge is 0.337 e. The van der Waals surface area contributed by atoms with E-state index in [1.54, 1.807) is 11.1 Å². The topological polar surface area (TPSA) is 53.5 Å². The number of rotatable bonds is 3. The number of amides is 2. The van der Waals surface area contributed by atoms with Crippen LogP contribution in [0.1, 0.15) is 33.1 Å². The molecule has 1 unspecified atom stereocenters. The van der Waals surface area contributed by atoms with Gasteiger partial charge in [0, 0.05) is 41.9 Å². The Balaban J connectivity index is 1.63. The molecule has 0 aliphatic carbocycles. The van der Waals surface area contributed by atoms with Crippen molar-refractivity contribution >= 4 is 28.4 Å². The third-order valence-corrected chi connectivity index (χ3v) is 5.66. The van der Waals surface area contributed by atoms with Gasteiger partial charge in [0.05, 0.1) is 12.1 Å². The molecule has 1 aromatic carbocycles. The maximum absolute atomic E-state index is 13.2. The molecule has 2 aliphatic rings. The molecule has 0 spiro atoms. The van der Waals surface area contributed by atoms with E-state index in [0.717, 1.165) is 41.5 Å². The van der Waals surface area contributed by atoms with Gasteiger partial charge in [-0.05, 0) is 62.6 Å². The quantitative estimate of drug-likeness (QED) is 0.766. The Labute approximate surface area is 165 Å². The predicted molar refractivity (Wildman–Crippen MR) is 111 cm³/mol. The van der Waals surface area contributed by atoms with Crippen molar-refractivity contribution < 1.29 is 9.59 Å². The molecule has 2 saturated heterocycles. The standard InChI is InChI=1S/C23H25N3O2/c1-3-17-15-26(19-9-10-21-18(14-19)7-6-11-24-21)23(28)20(17)13-16(2)25-12-5-4-8-22(25)27/h3,6-7,9-11,13-14,16H,4-5,8,12,15H2,1-2H3. The van der Waals surface area contributed by atoms with E-state index in [-0.39, 0.29) is 17.9 Å². The average Bonchev–Trinajstić information content (AvgIpc) is 3.03. The van der Waals surface area contributed by atoms with Gasteiger partial charge in [0.15, 0.2) is 0 Å². The Hall–Kier alpha value is -2.95. The van der Waals surface area contributed by atoms with E-state index in [2.05, 4.69) is 4.98 Å². The Morgan fingerprint density at radius 3 is 2.82 bits per heavy atom. The summed E-state index contributed by atoms with van der Waals surface area (Å²) in [6.07, 6.45) is 8.32. The summed E-state index contributed by atoms with van der Waals surface area (Å²) in [7, 11) is 0. The van der Waals surface area contributed by atoms with Crippen molar-refractivity contribution in [1.29, 1.82) is 0 Å². The Bertz CT molecular complexity index is 992. The van der Waals surface area contributed by atoms with Crippen LogP contribution in [0.25, 0.3) is 10.9 Å². The van der Waals surface area contributed by atoms with Gasteiger partial charge < -0.3 is 9.80 Å². The fraction of sp³-hybridized carbons (Fsp3) is 0.348. The van der Waals surface area contributed by atoms with Crippen LogP contribution in [0.4, 0.5) is 5.69 Å². The third-order valence-electron chi connectivity index (χ3n) is 5.66. The lowest BCUT2D eigenvalue weighted by Crippen LogP contribution is -2.41. The Morgan fingerprint density at radius 2 is 2.04 bits per heavy atom. The number of hydrogen-bond acceptors (Lipinski definition) is 3. The van der Waals surface area contributed by atoms with E-state index in [0.29, 0.717) is 18.5 Å². The van der Waals surface area contributed by atoms with Crippen LogP contribution in [0.15, 0.2) is 59.8 Å². The summed E-state index contributed by atoms with van der Waals surface area (Å²) in [5, 5.41) is 1.01. The van der Waals surface area contributed by atoms with E-state index in [1.165, 1.54) is 0 Å². The molecule has 28 heavy (non-hydrogen) atoms. The lowest BCUT2D eigenvalue weighted by molar-refractivity contribution is -0.134. The van der Waals surface area contributed by atoms with Gasteiger partial charge in [-0.2, -0.15) is 0 Å². The highest BCUT2D eigenvalue weighted by atomic mass is 16.2. The first-order chi connectivity index (χ1) is 13.6. The molecule has 144 valence electrons. The van der Waals surface area contributed by atoms with Crippen LogP contribution in [0.5, 0.6) is 0 Å². The van der Waals surface area contributed by atoms with Crippen molar-refractivity contribution in [1.82, 2.24) is 9.88 Å². The second-order valence-electron chi connectivity index (χ2n) is 7.45. The molecule has 5 heteroatoms. The van der Waals surface area contributed by atoms with Crippen LogP contribution in [-0.2, 0) is 9.59 Å². The molecule has 0 N–H and O–H groups in total. The van der Waals surface area contributed by atoms with Gasteiger partial charge in [-0.3, -0.25) is 14.6 Å². The van der Waals surface area contributed by atoms with Gasteiger partial charge in [-0.1, -0.05) is 12.1 Å². The van der Waals surface area contributed by atoms with Crippen molar-refractivity contribution in [2.24, 2.45) is 0 Å². The van der Waals surface area contributed by atoms with Crippen LogP contribution < -0.4 is 4.90 Å². The minimum atomic E-state index is -0.0811. The number of pyridine rings is 1. The number of likely N-dealkylation sites (tertiary alicyclic amines) is 1. The summed E-state index contributed by atoms with van der Waals surface area (Å²) in [6, 6.07) is 9.73. The van der Waals surface area contributed by atoms with E-state index in [1.807, 2.05) is 61.2 Å². The van der Waals surface area contributed by atoms with Crippen LogP contribution in [0.3, 0.4) is 0 Å². The van der Waals surface area contributed by atoms with Crippen LogP contribution in [0, 0.1) is 0 Å². The fourth-order valence-corrected chi connectivity index (χ4v) is 4.06. The minimum absolute atomic E-state index is 0.00681. The molecular weight excluding hydrogens is 350 g/mol. The van der Waals surface area contributed by atoms with E-state index < -0.39 is 0 Å². The number of carbonyl (C=O) groups excluding carboxylic acids is 2. The second-order valence-corrected chi connectivity index (χ2v) is 7.45. The first-order valence-corrected chi connectivity index (χ1v) is 9.92. The van der Waals surface area contributed by atoms with Crippen LogP contribution in [-0.4, -0.2) is 40.8 Å². The molecule has 2 amide bonds. The fourth-order valence-electron chi connectivity index (χ4n) is 4.06. The summed E-state index contributed by atoms with van der Waals surface area (Å²) in [4.78, 5) is 33.5. The molecule has 2 aromatic rings. The van der Waals surface area contributed by atoms with Gasteiger partial charge >= 0.3 is 0 Å². The third kappa shape index (κ3) is 3.33. The number of hydrogen-bond donors (Lipinski definition) is 0. The average molecular weight is 375 g/mol. The maximum atomic E-state index is 13.2. The summed E-state index contributed by atoms with van der Waals surface area (Å²) < 4.78 is 0. The van der Waals surface area contributed by atoms with Crippen LogP contribution >= 0.6 is 0 Å². The van der Waals surface area contributed by atoms with E-state index >= 15 is 0 Å². The molecule has 5 nitrogen and oxygen atoms in total. The predicted octanol–water partition coefficient (Wildman–Crippen LogP) is 3.86. The summed E-state index contributed by atoms with van der Waals surface area (Å²) in [5.41, 5.74) is 3.50. The molecule has 0 radical (unpaired) electrons. The smallest absolute Gasteiger partial charge is 0.258 e. The minimum Gasteiger partial charge on any atom is -0.337 e. The molecular formula is C23H25N3O2. The van der Waals surface area contributed by atoms with Crippen molar-refractivity contribution in [2.75, 3.05) is 18.0 Å². The number of carbonyl (C=O) groups is 2. The lowest BCUT2D eigenvalue weighted by Gasteiger charge is -2.31. The number of allylic oxidation sites excluding steroid dienone is 1. The lowest BCUT2D eigenvalue weighted by atomic mass is 10.0. The SMILES string of the molecule is CC=C1CN(c2ccc3ncccc3c2)C(=O)C1=CC(C)N1CCCCC1=O. The van der Waals surface area contributed by atoms with E-state index in [9.17, 15) is 9.59 Å². The van der Waals surface area contributed by atoms with Gasteiger partial charge in [0.25, 0.3) is 5.91 Å².